The molecule has 1 aromatic carbocycles. The van der Waals surface area contributed by atoms with Crippen molar-refractivity contribution in [3.8, 4) is 0 Å². The first-order valence-corrected chi connectivity index (χ1v) is 10.6. The first-order valence-electron chi connectivity index (χ1n) is 8.76. The van der Waals surface area contributed by atoms with Gasteiger partial charge in [0.05, 0.1) is 17.2 Å². The lowest BCUT2D eigenvalue weighted by atomic mass is 10.1. The molecule has 8 heteroatoms. The zero-order valence-corrected chi connectivity index (χ0v) is 15.3. The van der Waals surface area contributed by atoms with Gasteiger partial charge in [0.1, 0.15) is 5.82 Å². The fraction of sp³-hybridized carbons (Fsp3) is 0.444. The molecule has 6 nitrogen and oxygen atoms in total. The summed E-state index contributed by atoms with van der Waals surface area (Å²) in [5.74, 6) is 0.764. The van der Waals surface area contributed by atoms with Crippen LogP contribution in [-0.2, 0) is 28.6 Å². The first-order chi connectivity index (χ1) is 12.5. The molecule has 0 spiro atoms. The highest BCUT2D eigenvalue weighted by atomic mass is 32.2. The summed E-state index contributed by atoms with van der Waals surface area (Å²) in [5, 5.41) is 8.55. The highest BCUT2D eigenvalue weighted by Crippen LogP contribution is 2.23. The van der Waals surface area contributed by atoms with Crippen LogP contribution in [0.2, 0.25) is 0 Å². The summed E-state index contributed by atoms with van der Waals surface area (Å²) in [6.45, 7) is 4.15. The molecule has 26 heavy (non-hydrogen) atoms. The third-order valence-electron chi connectivity index (χ3n) is 4.99. The quantitative estimate of drug-likeness (QED) is 0.807. The lowest BCUT2D eigenvalue weighted by molar-refractivity contribution is 0.249. The fourth-order valence-corrected chi connectivity index (χ4v) is 4.85. The summed E-state index contributed by atoms with van der Waals surface area (Å²) in [7, 11) is -3.01. The average molecular weight is 376 g/mol. The van der Waals surface area contributed by atoms with Crippen LogP contribution in [0.25, 0.3) is 0 Å². The van der Waals surface area contributed by atoms with E-state index in [0.29, 0.717) is 6.42 Å². The van der Waals surface area contributed by atoms with E-state index in [-0.39, 0.29) is 17.3 Å². The Bertz CT molecular complexity index is 894. The van der Waals surface area contributed by atoms with Crippen molar-refractivity contribution in [2.75, 3.05) is 36.8 Å². The van der Waals surface area contributed by atoms with Gasteiger partial charge < -0.3 is 4.90 Å². The monoisotopic (exact) mass is 376 g/mol. The van der Waals surface area contributed by atoms with Crippen LogP contribution >= 0.6 is 0 Å². The van der Waals surface area contributed by atoms with Crippen molar-refractivity contribution in [1.82, 2.24) is 15.1 Å². The second-order valence-corrected chi connectivity index (χ2v) is 9.09. The van der Waals surface area contributed by atoms with Gasteiger partial charge in [-0.25, -0.2) is 12.8 Å². The predicted molar refractivity (Wildman–Crippen MR) is 97.1 cm³/mol. The van der Waals surface area contributed by atoms with Crippen molar-refractivity contribution in [3.05, 3.63) is 53.0 Å². The number of hydrogen-bond acceptors (Lipinski definition) is 6. The minimum absolute atomic E-state index is 0.0649. The maximum Gasteiger partial charge on any atom is 0.154 e. The summed E-state index contributed by atoms with van der Waals surface area (Å²) in [6.07, 6.45) is 0.455. The third-order valence-corrected chi connectivity index (χ3v) is 6.57. The normalized spacial score (nSPS) is 20.0. The molecule has 0 saturated carbocycles. The highest BCUT2D eigenvalue weighted by Gasteiger charge is 2.25. The molecular weight excluding hydrogens is 355 g/mol. The van der Waals surface area contributed by atoms with Crippen LogP contribution in [-0.4, -0.2) is 55.4 Å². The van der Waals surface area contributed by atoms with E-state index in [1.54, 1.807) is 0 Å². The van der Waals surface area contributed by atoms with Gasteiger partial charge in [-0.15, -0.1) is 5.10 Å². The number of fused-ring (bicyclic) bond motifs is 1. The van der Waals surface area contributed by atoms with E-state index >= 15 is 0 Å². The van der Waals surface area contributed by atoms with Gasteiger partial charge in [-0.2, -0.15) is 5.10 Å². The smallest absolute Gasteiger partial charge is 0.154 e. The molecule has 1 aromatic heterocycles. The van der Waals surface area contributed by atoms with Gasteiger partial charge >= 0.3 is 0 Å². The van der Waals surface area contributed by atoms with E-state index in [0.717, 1.165) is 55.4 Å². The van der Waals surface area contributed by atoms with Gasteiger partial charge in [0.2, 0.25) is 0 Å². The van der Waals surface area contributed by atoms with Gasteiger partial charge in [0.25, 0.3) is 0 Å². The number of piperazine rings is 1. The lowest BCUT2D eigenvalue weighted by Crippen LogP contribution is -2.46. The Balaban J connectivity index is 1.40. The van der Waals surface area contributed by atoms with Crippen LogP contribution in [0.15, 0.2) is 30.3 Å². The number of rotatable bonds is 3. The van der Waals surface area contributed by atoms with E-state index in [1.807, 2.05) is 18.2 Å². The van der Waals surface area contributed by atoms with Crippen LogP contribution in [0.1, 0.15) is 16.8 Å². The molecule has 0 amide bonds. The second-order valence-electron chi connectivity index (χ2n) is 6.91. The molecule has 2 aromatic rings. The molecular formula is C18H21FN4O2S. The Morgan fingerprint density at radius 1 is 1.04 bits per heavy atom. The summed E-state index contributed by atoms with van der Waals surface area (Å²) >= 11 is 0. The van der Waals surface area contributed by atoms with Crippen LogP contribution in [0.3, 0.4) is 0 Å². The Morgan fingerprint density at radius 3 is 2.50 bits per heavy atom. The van der Waals surface area contributed by atoms with E-state index < -0.39 is 9.84 Å². The molecule has 0 radical (unpaired) electrons. The topological polar surface area (TPSA) is 66.4 Å². The van der Waals surface area contributed by atoms with E-state index in [9.17, 15) is 12.8 Å². The molecule has 1 fully saturated rings. The molecule has 2 aliphatic heterocycles. The number of anilines is 1. The minimum Gasteiger partial charge on any atom is -0.353 e. The number of benzene rings is 1. The highest BCUT2D eigenvalue weighted by molar-refractivity contribution is 7.90. The third kappa shape index (κ3) is 3.86. The fourth-order valence-electron chi connectivity index (χ4n) is 3.48. The van der Waals surface area contributed by atoms with Crippen LogP contribution in [0, 0.1) is 5.82 Å². The number of aromatic nitrogens is 2. The number of nitrogens with zero attached hydrogens (tertiary/aromatic N) is 4. The van der Waals surface area contributed by atoms with Crippen molar-refractivity contribution in [2.45, 2.75) is 18.7 Å². The summed E-state index contributed by atoms with van der Waals surface area (Å²) in [5.41, 5.74) is 2.69. The summed E-state index contributed by atoms with van der Waals surface area (Å²) in [4.78, 5) is 4.47. The van der Waals surface area contributed by atoms with Gasteiger partial charge in [0, 0.05) is 39.1 Å². The molecule has 0 unspecified atom stereocenters. The van der Waals surface area contributed by atoms with E-state index in [4.69, 9.17) is 0 Å². The van der Waals surface area contributed by atoms with Crippen molar-refractivity contribution in [2.24, 2.45) is 0 Å². The van der Waals surface area contributed by atoms with Crippen molar-refractivity contribution in [3.63, 3.8) is 0 Å². The van der Waals surface area contributed by atoms with Crippen LogP contribution < -0.4 is 4.90 Å². The molecule has 1 saturated heterocycles. The molecule has 0 atom stereocenters. The molecule has 3 heterocycles. The molecule has 138 valence electrons. The predicted octanol–water partition coefficient (Wildman–Crippen LogP) is 1.41. The Morgan fingerprint density at radius 2 is 1.77 bits per heavy atom. The second kappa shape index (κ2) is 6.92. The largest absolute Gasteiger partial charge is 0.353 e. The number of halogens is 1. The Labute approximate surface area is 152 Å². The summed E-state index contributed by atoms with van der Waals surface area (Å²) < 4.78 is 36.7. The van der Waals surface area contributed by atoms with Crippen molar-refractivity contribution in [1.29, 1.82) is 0 Å². The summed E-state index contributed by atoms with van der Waals surface area (Å²) in [6, 6.07) is 8.49. The standard InChI is InChI=1S/C18H21FN4O2S/c19-16-3-1-14(2-4-16)12-22-6-8-23(9-7-22)18-11-15-13-26(24,25)10-5-17(15)20-21-18/h1-4,11H,5-10,12-13H2. The number of aryl methyl sites for hydroxylation is 1. The maximum atomic E-state index is 13.0. The lowest BCUT2D eigenvalue weighted by Gasteiger charge is -2.35. The van der Waals surface area contributed by atoms with Gasteiger partial charge in [-0.05, 0) is 29.3 Å². The molecule has 0 N–H and O–H groups in total. The van der Waals surface area contributed by atoms with E-state index in [1.165, 1.54) is 12.1 Å². The molecule has 4 rings (SSSR count). The Hall–Kier alpha value is -2.06. The molecule has 0 aliphatic carbocycles. The maximum absolute atomic E-state index is 13.0. The number of sulfone groups is 1. The van der Waals surface area contributed by atoms with Crippen LogP contribution in [0.4, 0.5) is 10.2 Å². The minimum atomic E-state index is -3.01. The zero-order chi connectivity index (χ0) is 18.1. The zero-order valence-electron chi connectivity index (χ0n) is 14.4. The van der Waals surface area contributed by atoms with E-state index in [2.05, 4.69) is 20.0 Å². The molecule has 0 bridgehead atoms. The molecule has 2 aliphatic rings. The van der Waals surface area contributed by atoms with Gasteiger partial charge in [-0.3, -0.25) is 4.90 Å². The number of hydrogen-bond donors (Lipinski definition) is 0. The van der Waals surface area contributed by atoms with Crippen molar-refractivity contribution >= 4 is 15.7 Å². The Kier molecular flexibility index (Phi) is 4.62. The first kappa shape index (κ1) is 17.4. The SMILES string of the molecule is O=S1(=O)CCc2nnc(N3CCN(Cc4ccc(F)cc4)CC3)cc2C1. The van der Waals surface area contributed by atoms with Gasteiger partial charge in [-0.1, -0.05) is 12.1 Å². The van der Waals surface area contributed by atoms with Crippen LogP contribution in [0.5, 0.6) is 0 Å². The average Bonchev–Trinajstić information content (AvgIpc) is 2.63. The van der Waals surface area contributed by atoms with Crippen molar-refractivity contribution < 1.29 is 12.8 Å². The van der Waals surface area contributed by atoms with Gasteiger partial charge in [0.15, 0.2) is 15.7 Å².